The van der Waals surface area contributed by atoms with Crippen molar-refractivity contribution in [1.29, 1.82) is 0 Å². The highest BCUT2D eigenvalue weighted by Crippen LogP contribution is 2.36. The number of amides is 1. The van der Waals surface area contributed by atoms with E-state index in [-0.39, 0.29) is 17.4 Å². The summed E-state index contributed by atoms with van der Waals surface area (Å²) in [5, 5.41) is 0. The molecule has 1 amide bonds. The molecule has 0 saturated carbocycles. The summed E-state index contributed by atoms with van der Waals surface area (Å²) in [6, 6.07) is 5.38. The SMILES string of the molecule is CC(=O)N1C[C@@H]2C[C@H](C1)c1cc(-c3ncccn3)cc(=O)n1C2. The van der Waals surface area contributed by atoms with Crippen LogP contribution in [0.1, 0.15) is 25.0 Å². The first kappa shape index (κ1) is 14.1. The molecule has 4 heterocycles. The van der Waals surface area contributed by atoms with Gasteiger partial charge in [0.05, 0.1) is 0 Å². The lowest BCUT2D eigenvalue weighted by molar-refractivity contribution is -0.131. The predicted octanol–water partition coefficient (Wildman–Crippen LogP) is 1.27. The molecule has 4 rings (SSSR count). The molecule has 2 bridgehead atoms. The fourth-order valence-electron chi connectivity index (χ4n) is 3.79. The van der Waals surface area contributed by atoms with Crippen molar-refractivity contribution in [1.82, 2.24) is 19.4 Å². The van der Waals surface area contributed by atoms with Crippen LogP contribution in [0, 0.1) is 5.92 Å². The highest BCUT2D eigenvalue weighted by molar-refractivity contribution is 5.73. The molecule has 1 saturated heterocycles. The van der Waals surface area contributed by atoms with Crippen LogP contribution in [0.4, 0.5) is 0 Å². The number of likely N-dealkylation sites (tertiary alicyclic amines) is 1. The van der Waals surface area contributed by atoms with Gasteiger partial charge in [0.2, 0.25) is 5.91 Å². The molecule has 0 radical (unpaired) electrons. The van der Waals surface area contributed by atoms with Crippen LogP contribution in [-0.4, -0.2) is 38.4 Å². The van der Waals surface area contributed by atoms with Crippen molar-refractivity contribution in [2.24, 2.45) is 5.92 Å². The third-order valence-electron chi connectivity index (χ3n) is 4.83. The Balaban J connectivity index is 1.79. The lowest BCUT2D eigenvalue weighted by Crippen LogP contribution is -2.48. The largest absolute Gasteiger partial charge is 0.342 e. The van der Waals surface area contributed by atoms with Crippen molar-refractivity contribution < 1.29 is 4.79 Å². The number of pyridine rings is 1. The van der Waals surface area contributed by atoms with E-state index in [1.54, 1.807) is 31.5 Å². The molecule has 0 spiro atoms. The number of aromatic nitrogens is 3. The van der Waals surface area contributed by atoms with Crippen LogP contribution in [0.2, 0.25) is 0 Å². The summed E-state index contributed by atoms with van der Waals surface area (Å²) >= 11 is 0. The number of hydrogen-bond acceptors (Lipinski definition) is 4. The van der Waals surface area contributed by atoms with Crippen LogP contribution < -0.4 is 5.56 Å². The zero-order valence-corrected chi connectivity index (χ0v) is 13.0. The molecule has 1 fully saturated rings. The minimum atomic E-state index is -0.00377. The van der Waals surface area contributed by atoms with Gasteiger partial charge in [-0.15, -0.1) is 0 Å². The summed E-state index contributed by atoms with van der Waals surface area (Å²) < 4.78 is 1.86. The summed E-state index contributed by atoms with van der Waals surface area (Å²) in [6.45, 7) is 3.73. The lowest BCUT2D eigenvalue weighted by Gasteiger charge is -2.42. The Kier molecular flexibility index (Phi) is 3.25. The maximum atomic E-state index is 12.5. The molecule has 0 N–H and O–H groups in total. The van der Waals surface area contributed by atoms with Gasteiger partial charge < -0.3 is 9.47 Å². The molecule has 2 aliphatic heterocycles. The molecule has 6 heteroatoms. The van der Waals surface area contributed by atoms with Gasteiger partial charge >= 0.3 is 0 Å². The van der Waals surface area contributed by atoms with E-state index in [1.807, 2.05) is 15.5 Å². The van der Waals surface area contributed by atoms with Gasteiger partial charge in [0.15, 0.2) is 5.82 Å². The average Bonchev–Trinajstić information content (AvgIpc) is 2.56. The molecule has 2 aromatic rings. The summed E-state index contributed by atoms with van der Waals surface area (Å²) in [7, 11) is 0. The van der Waals surface area contributed by atoms with Crippen molar-refractivity contribution >= 4 is 5.91 Å². The van der Waals surface area contributed by atoms with Gasteiger partial charge in [0, 0.05) is 62.2 Å². The van der Waals surface area contributed by atoms with Crippen LogP contribution in [0.25, 0.3) is 11.4 Å². The van der Waals surface area contributed by atoms with Gasteiger partial charge in [-0.05, 0) is 24.5 Å². The molecule has 23 heavy (non-hydrogen) atoms. The molecule has 2 atom stereocenters. The smallest absolute Gasteiger partial charge is 0.251 e. The van der Waals surface area contributed by atoms with E-state index in [0.29, 0.717) is 24.8 Å². The Morgan fingerprint density at radius 3 is 2.70 bits per heavy atom. The first-order valence-electron chi connectivity index (χ1n) is 7.89. The number of nitrogens with zero attached hydrogens (tertiary/aromatic N) is 4. The van der Waals surface area contributed by atoms with Crippen LogP contribution in [-0.2, 0) is 11.3 Å². The first-order valence-corrected chi connectivity index (χ1v) is 7.89. The van der Waals surface area contributed by atoms with Gasteiger partial charge in [-0.2, -0.15) is 0 Å². The van der Waals surface area contributed by atoms with Gasteiger partial charge in [0.25, 0.3) is 5.56 Å². The Bertz CT molecular complexity index is 815. The van der Waals surface area contributed by atoms with E-state index in [2.05, 4.69) is 9.97 Å². The third-order valence-corrected chi connectivity index (χ3v) is 4.83. The van der Waals surface area contributed by atoms with Crippen molar-refractivity contribution in [3.63, 3.8) is 0 Å². The zero-order chi connectivity index (χ0) is 16.0. The van der Waals surface area contributed by atoms with Gasteiger partial charge in [0.1, 0.15) is 0 Å². The predicted molar refractivity (Wildman–Crippen MR) is 84.8 cm³/mol. The first-order chi connectivity index (χ1) is 11.1. The number of carbonyl (C=O) groups is 1. The van der Waals surface area contributed by atoms with Crippen LogP contribution >= 0.6 is 0 Å². The quantitative estimate of drug-likeness (QED) is 0.795. The molecule has 118 valence electrons. The number of rotatable bonds is 1. The fraction of sp³-hybridized carbons (Fsp3) is 0.412. The summed E-state index contributed by atoms with van der Waals surface area (Å²) in [6.07, 6.45) is 4.38. The van der Waals surface area contributed by atoms with Crippen molar-refractivity contribution in [2.45, 2.75) is 25.8 Å². The highest BCUT2D eigenvalue weighted by Gasteiger charge is 2.35. The van der Waals surface area contributed by atoms with Gasteiger partial charge in [-0.1, -0.05) is 0 Å². The van der Waals surface area contributed by atoms with Crippen molar-refractivity contribution in [2.75, 3.05) is 13.1 Å². The lowest BCUT2D eigenvalue weighted by atomic mass is 9.82. The zero-order valence-electron chi connectivity index (χ0n) is 13.0. The molecule has 2 aliphatic rings. The van der Waals surface area contributed by atoms with E-state index in [9.17, 15) is 9.59 Å². The molecule has 0 aliphatic carbocycles. The van der Waals surface area contributed by atoms with E-state index >= 15 is 0 Å². The molecule has 0 unspecified atom stereocenters. The summed E-state index contributed by atoms with van der Waals surface area (Å²) in [4.78, 5) is 34.6. The van der Waals surface area contributed by atoms with E-state index in [4.69, 9.17) is 0 Å². The topological polar surface area (TPSA) is 68.1 Å². The number of piperidine rings is 1. The Labute approximate surface area is 133 Å². The van der Waals surface area contributed by atoms with E-state index in [1.165, 1.54) is 0 Å². The minimum absolute atomic E-state index is 0.00377. The van der Waals surface area contributed by atoms with E-state index in [0.717, 1.165) is 24.2 Å². The Morgan fingerprint density at radius 1 is 1.17 bits per heavy atom. The maximum Gasteiger partial charge on any atom is 0.251 e. The summed E-state index contributed by atoms with van der Waals surface area (Å²) in [5.41, 5.74) is 1.75. The van der Waals surface area contributed by atoms with E-state index < -0.39 is 0 Å². The molecular formula is C17H18N4O2. The van der Waals surface area contributed by atoms with Crippen LogP contribution in [0.3, 0.4) is 0 Å². The second kappa shape index (κ2) is 5.30. The summed E-state index contributed by atoms with van der Waals surface area (Å²) in [5.74, 6) is 1.25. The van der Waals surface area contributed by atoms with Crippen molar-refractivity contribution in [3.8, 4) is 11.4 Å². The van der Waals surface area contributed by atoms with Gasteiger partial charge in [-0.3, -0.25) is 9.59 Å². The normalized spacial score (nSPS) is 22.6. The number of hydrogen-bond donors (Lipinski definition) is 0. The average molecular weight is 310 g/mol. The number of fused-ring (bicyclic) bond motifs is 4. The minimum Gasteiger partial charge on any atom is -0.342 e. The molecule has 2 aromatic heterocycles. The van der Waals surface area contributed by atoms with Crippen LogP contribution in [0.5, 0.6) is 0 Å². The molecular weight excluding hydrogens is 292 g/mol. The monoisotopic (exact) mass is 310 g/mol. The molecule has 6 nitrogen and oxygen atoms in total. The Hall–Kier alpha value is -2.50. The van der Waals surface area contributed by atoms with Crippen LogP contribution in [0.15, 0.2) is 35.4 Å². The van der Waals surface area contributed by atoms with Gasteiger partial charge in [-0.25, -0.2) is 9.97 Å². The second-order valence-corrected chi connectivity index (χ2v) is 6.41. The second-order valence-electron chi connectivity index (χ2n) is 6.41. The Morgan fingerprint density at radius 2 is 1.96 bits per heavy atom. The number of carbonyl (C=O) groups excluding carboxylic acids is 1. The third kappa shape index (κ3) is 2.44. The standard InChI is InChI=1S/C17H18N4O2/c1-11(22)20-8-12-5-14(10-20)15-6-13(7-16(23)21(15)9-12)17-18-3-2-4-19-17/h2-4,6-7,12,14H,5,8-10H2,1H3/t12-,14+/m0/s1. The fourth-order valence-corrected chi connectivity index (χ4v) is 3.79. The van der Waals surface area contributed by atoms with Crippen molar-refractivity contribution in [3.05, 3.63) is 46.6 Å². The maximum absolute atomic E-state index is 12.5. The molecule has 0 aromatic carbocycles. The highest BCUT2D eigenvalue weighted by atomic mass is 16.2.